The first-order valence-corrected chi connectivity index (χ1v) is 6.52. The topological polar surface area (TPSA) is 48.4 Å². The molecule has 0 atom stereocenters. The lowest BCUT2D eigenvalue weighted by molar-refractivity contribution is -0.152. The van der Waals surface area contributed by atoms with Crippen molar-refractivity contribution in [2.75, 3.05) is 13.2 Å². The summed E-state index contributed by atoms with van der Waals surface area (Å²) >= 11 is 0. The number of aromatic nitrogens is 1. The predicted octanol–water partition coefficient (Wildman–Crippen LogP) is 2.66. The number of ether oxygens (including phenoxy) is 2. The number of halogens is 1. The summed E-state index contributed by atoms with van der Waals surface area (Å²) in [6.45, 7) is 0.233. The second kappa shape index (κ2) is 5.07. The summed E-state index contributed by atoms with van der Waals surface area (Å²) in [5.74, 6) is -0.103. The minimum absolute atomic E-state index is 0.0428. The molecule has 1 aliphatic rings. The van der Waals surface area contributed by atoms with Crippen molar-refractivity contribution < 1.29 is 18.7 Å². The van der Waals surface area contributed by atoms with Gasteiger partial charge in [0, 0.05) is 11.6 Å². The van der Waals surface area contributed by atoms with Crippen molar-refractivity contribution in [3.05, 3.63) is 36.5 Å². The number of carbonyl (C=O) groups is 1. The highest BCUT2D eigenvalue weighted by Crippen LogP contribution is 2.40. The van der Waals surface area contributed by atoms with Crippen LogP contribution in [0, 0.1) is 0 Å². The number of hydrogen-bond acceptors (Lipinski definition) is 4. The molecule has 0 unspecified atom stereocenters. The van der Waals surface area contributed by atoms with Crippen LogP contribution in [0.25, 0.3) is 10.9 Å². The summed E-state index contributed by atoms with van der Waals surface area (Å²) in [5, 5.41) is 0.894. The average molecular weight is 275 g/mol. The van der Waals surface area contributed by atoms with Gasteiger partial charge < -0.3 is 9.47 Å². The molecule has 1 saturated carbocycles. The van der Waals surface area contributed by atoms with Crippen LogP contribution in [-0.4, -0.2) is 29.8 Å². The van der Waals surface area contributed by atoms with Crippen LogP contribution in [0.3, 0.4) is 0 Å². The molecular weight excluding hydrogens is 261 g/mol. The number of benzene rings is 1. The predicted molar refractivity (Wildman–Crippen MR) is 71.3 cm³/mol. The van der Waals surface area contributed by atoms with E-state index < -0.39 is 11.6 Å². The zero-order valence-corrected chi connectivity index (χ0v) is 10.8. The van der Waals surface area contributed by atoms with E-state index in [9.17, 15) is 9.18 Å². The molecule has 1 aliphatic carbocycles. The van der Waals surface area contributed by atoms with Crippen molar-refractivity contribution in [1.82, 2.24) is 4.98 Å². The molecule has 2 aromatic rings. The number of alkyl halides is 1. The van der Waals surface area contributed by atoms with Gasteiger partial charge in [-0.2, -0.15) is 0 Å². The molecule has 0 bridgehead atoms. The molecular formula is C15H14FNO3. The molecule has 3 rings (SSSR count). The summed E-state index contributed by atoms with van der Waals surface area (Å²) in [6, 6.07) is 9.35. The molecule has 0 amide bonds. The minimum Gasteiger partial charge on any atom is -0.489 e. The Kier molecular flexibility index (Phi) is 3.26. The van der Waals surface area contributed by atoms with Gasteiger partial charge in [-0.15, -0.1) is 0 Å². The minimum atomic E-state index is -1.73. The standard InChI is InChI=1S/C15H14FNO3/c16-15(6-7-15)14(18)20-10-9-19-13-5-8-17-12-4-2-1-3-11(12)13/h1-5,8H,6-7,9-10H2. The number of nitrogens with zero attached hydrogens (tertiary/aromatic N) is 1. The number of para-hydroxylation sites is 1. The molecule has 1 aromatic carbocycles. The van der Waals surface area contributed by atoms with E-state index in [1.807, 2.05) is 24.3 Å². The maximum atomic E-state index is 13.3. The zero-order chi connectivity index (χ0) is 14.0. The van der Waals surface area contributed by atoms with Gasteiger partial charge in [0.15, 0.2) is 0 Å². The highest BCUT2D eigenvalue weighted by Gasteiger charge is 2.52. The van der Waals surface area contributed by atoms with Gasteiger partial charge in [-0.1, -0.05) is 12.1 Å². The Morgan fingerprint density at radius 2 is 2.05 bits per heavy atom. The normalized spacial score (nSPS) is 15.8. The fourth-order valence-corrected chi connectivity index (χ4v) is 1.92. The SMILES string of the molecule is O=C(OCCOc1ccnc2ccccc12)C1(F)CC1. The lowest BCUT2D eigenvalue weighted by Crippen LogP contribution is -2.22. The van der Waals surface area contributed by atoms with E-state index in [1.165, 1.54) is 0 Å². The van der Waals surface area contributed by atoms with Crippen molar-refractivity contribution in [1.29, 1.82) is 0 Å². The van der Waals surface area contributed by atoms with E-state index in [-0.39, 0.29) is 26.1 Å². The van der Waals surface area contributed by atoms with Gasteiger partial charge in [-0.3, -0.25) is 4.98 Å². The Hall–Kier alpha value is -2.17. The van der Waals surface area contributed by atoms with E-state index in [0.29, 0.717) is 5.75 Å². The maximum Gasteiger partial charge on any atom is 0.344 e. The lowest BCUT2D eigenvalue weighted by Gasteiger charge is -2.10. The van der Waals surface area contributed by atoms with Gasteiger partial charge in [0.25, 0.3) is 0 Å². The highest BCUT2D eigenvalue weighted by atomic mass is 19.1. The molecule has 104 valence electrons. The lowest BCUT2D eigenvalue weighted by atomic mass is 10.2. The second-order valence-corrected chi connectivity index (χ2v) is 4.78. The third-order valence-corrected chi connectivity index (χ3v) is 3.24. The maximum absolute atomic E-state index is 13.3. The van der Waals surface area contributed by atoms with E-state index in [2.05, 4.69) is 4.98 Å². The van der Waals surface area contributed by atoms with Gasteiger partial charge in [-0.25, -0.2) is 9.18 Å². The van der Waals surface area contributed by atoms with E-state index in [4.69, 9.17) is 9.47 Å². The summed E-state index contributed by atoms with van der Waals surface area (Å²) in [6.07, 6.45) is 2.19. The molecule has 1 heterocycles. The molecule has 0 radical (unpaired) electrons. The van der Waals surface area contributed by atoms with Gasteiger partial charge in [0.1, 0.15) is 19.0 Å². The van der Waals surface area contributed by atoms with E-state index >= 15 is 0 Å². The van der Waals surface area contributed by atoms with Crippen molar-refractivity contribution >= 4 is 16.9 Å². The molecule has 0 aliphatic heterocycles. The van der Waals surface area contributed by atoms with Crippen LogP contribution < -0.4 is 4.74 Å². The van der Waals surface area contributed by atoms with Crippen molar-refractivity contribution in [2.45, 2.75) is 18.5 Å². The van der Waals surface area contributed by atoms with Crippen molar-refractivity contribution in [3.8, 4) is 5.75 Å². The second-order valence-electron chi connectivity index (χ2n) is 4.78. The molecule has 0 saturated heterocycles. The molecule has 20 heavy (non-hydrogen) atoms. The van der Waals surface area contributed by atoms with Gasteiger partial charge in [0.2, 0.25) is 5.67 Å². The summed E-state index contributed by atoms with van der Waals surface area (Å²) in [5.41, 5.74) is -0.897. The zero-order valence-electron chi connectivity index (χ0n) is 10.8. The van der Waals surface area contributed by atoms with Crippen LogP contribution in [-0.2, 0) is 9.53 Å². The van der Waals surface area contributed by atoms with Crippen LogP contribution in [0.1, 0.15) is 12.8 Å². The third-order valence-electron chi connectivity index (χ3n) is 3.24. The average Bonchev–Trinajstić information content (AvgIpc) is 3.23. The van der Waals surface area contributed by atoms with Crippen LogP contribution in [0.2, 0.25) is 0 Å². The molecule has 1 fully saturated rings. The van der Waals surface area contributed by atoms with E-state index in [0.717, 1.165) is 10.9 Å². The Bertz CT molecular complexity index is 635. The highest BCUT2D eigenvalue weighted by molar-refractivity contribution is 5.84. The number of fused-ring (bicyclic) bond motifs is 1. The number of rotatable bonds is 5. The fraction of sp³-hybridized carbons (Fsp3) is 0.333. The smallest absolute Gasteiger partial charge is 0.344 e. The van der Waals surface area contributed by atoms with Gasteiger partial charge >= 0.3 is 5.97 Å². The van der Waals surface area contributed by atoms with Gasteiger partial charge in [-0.05, 0) is 31.0 Å². The monoisotopic (exact) mass is 275 g/mol. The first-order valence-electron chi connectivity index (χ1n) is 6.52. The number of carbonyl (C=O) groups excluding carboxylic acids is 1. The first-order chi connectivity index (χ1) is 9.69. The number of hydrogen-bond donors (Lipinski definition) is 0. The number of esters is 1. The summed E-state index contributed by atoms with van der Waals surface area (Å²) in [7, 11) is 0. The quantitative estimate of drug-likeness (QED) is 0.621. The molecule has 4 nitrogen and oxygen atoms in total. The fourth-order valence-electron chi connectivity index (χ4n) is 1.92. The van der Waals surface area contributed by atoms with Crippen LogP contribution in [0.4, 0.5) is 4.39 Å². The Labute approximate surface area is 115 Å². The largest absolute Gasteiger partial charge is 0.489 e. The molecule has 5 heteroatoms. The molecule has 1 aromatic heterocycles. The molecule has 0 spiro atoms. The third kappa shape index (κ3) is 2.57. The van der Waals surface area contributed by atoms with E-state index in [1.54, 1.807) is 12.3 Å². The van der Waals surface area contributed by atoms with Crippen molar-refractivity contribution in [2.24, 2.45) is 0 Å². The summed E-state index contributed by atoms with van der Waals surface area (Å²) in [4.78, 5) is 15.5. The van der Waals surface area contributed by atoms with Crippen molar-refractivity contribution in [3.63, 3.8) is 0 Å². The molecule has 0 N–H and O–H groups in total. The van der Waals surface area contributed by atoms with Gasteiger partial charge in [0.05, 0.1) is 5.52 Å². The number of pyridine rings is 1. The first kappa shape index (κ1) is 12.8. The van der Waals surface area contributed by atoms with Crippen LogP contribution in [0.15, 0.2) is 36.5 Å². The Morgan fingerprint density at radius 3 is 2.85 bits per heavy atom. The summed E-state index contributed by atoms with van der Waals surface area (Å²) < 4.78 is 23.7. The Morgan fingerprint density at radius 1 is 1.25 bits per heavy atom. The van der Waals surface area contributed by atoms with Crippen LogP contribution in [0.5, 0.6) is 5.75 Å². The van der Waals surface area contributed by atoms with Crippen LogP contribution >= 0.6 is 0 Å². The Balaban J connectivity index is 1.56.